The fourth-order valence-corrected chi connectivity index (χ4v) is 5.65. The molecule has 1 aliphatic heterocycles. The van der Waals surface area contributed by atoms with Crippen LogP contribution in [0.5, 0.6) is 5.75 Å². The number of fused-ring (bicyclic) bond motifs is 1. The molecule has 2 aromatic heterocycles. The predicted octanol–water partition coefficient (Wildman–Crippen LogP) is 2.77. The smallest absolute Gasteiger partial charge is 0.245 e. The summed E-state index contributed by atoms with van der Waals surface area (Å²) in [5, 5.41) is 29.9. The number of halogens is 1. The first-order valence-electron chi connectivity index (χ1n) is 13.1. The van der Waals surface area contributed by atoms with Crippen molar-refractivity contribution < 1.29 is 27.8 Å². The summed E-state index contributed by atoms with van der Waals surface area (Å²) in [6.07, 6.45) is 1.95. The summed E-state index contributed by atoms with van der Waals surface area (Å²) < 4.78 is 45.8. The van der Waals surface area contributed by atoms with Crippen LogP contribution in [0.2, 0.25) is 0 Å². The summed E-state index contributed by atoms with van der Waals surface area (Å²) in [6, 6.07) is 15.9. The molecule has 0 aliphatic carbocycles. The lowest BCUT2D eigenvalue weighted by Crippen LogP contribution is -2.53. The number of likely N-dealkylation sites (tertiary alicyclic amines) is 1. The Kier molecular flexibility index (Phi) is 7.88. The van der Waals surface area contributed by atoms with E-state index < -0.39 is 28.4 Å². The maximum atomic E-state index is 12.8. The Morgan fingerprint density at radius 1 is 1.22 bits per heavy atom. The van der Waals surface area contributed by atoms with Crippen LogP contribution in [0.1, 0.15) is 12.0 Å². The highest BCUT2D eigenvalue weighted by Crippen LogP contribution is 2.38. The van der Waals surface area contributed by atoms with Gasteiger partial charge in [-0.15, -0.1) is 5.10 Å². The number of piperidine rings is 1. The zero-order valence-corrected chi connectivity index (χ0v) is 23.8. The van der Waals surface area contributed by atoms with Crippen molar-refractivity contribution in [2.45, 2.75) is 18.1 Å². The number of para-hydroxylation sites is 1. The number of rotatable bonds is 9. The van der Waals surface area contributed by atoms with Crippen LogP contribution < -0.4 is 14.4 Å². The van der Waals surface area contributed by atoms with Gasteiger partial charge in [0.15, 0.2) is 0 Å². The number of hydrogen-bond acceptors (Lipinski definition) is 9. The van der Waals surface area contributed by atoms with Gasteiger partial charge in [-0.25, -0.2) is 22.3 Å². The van der Waals surface area contributed by atoms with E-state index in [1.807, 2.05) is 24.3 Å². The first-order chi connectivity index (χ1) is 19.5. The number of anilines is 3. The number of aliphatic hydroxyl groups excluding tert-OH is 1. The maximum absolute atomic E-state index is 12.8. The van der Waals surface area contributed by atoms with Crippen molar-refractivity contribution in [2.24, 2.45) is 0 Å². The number of alkyl halides is 1. The van der Waals surface area contributed by atoms with Crippen molar-refractivity contribution in [2.75, 3.05) is 56.3 Å². The lowest BCUT2D eigenvalue weighted by Gasteiger charge is -2.42. The third-order valence-electron chi connectivity index (χ3n) is 7.56. The summed E-state index contributed by atoms with van der Waals surface area (Å²) in [4.78, 5) is 6.20. The fraction of sp³-hybridized carbons (Fsp3) is 0.357. The number of nitrogens with one attached hydrogen (secondary N) is 1. The molecule has 0 spiro atoms. The van der Waals surface area contributed by atoms with Crippen LogP contribution in [0.3, 0.4) is 0 Å². The van der Waals surface area contributed by atoms with Crippen molar-refractivity contribution in [1.29, 1.82) is 0 Å². The van der Waals surface area contributed by atoms with Crippen molar-refractivity contribution in [3.05, 3.63) is 66.4 Å². The molecule has 0 amide bonds. The predicted molar refractivity (Wildman–Crippen MR) is 155 cm³/mol. The molecular formula is C28H33FN6O5S. The molecule has 5 rings (SSSR count). The summed E-state index contributed by atoms with van der Waals surface area (Å²) in [6.45, 7) is 0.323. The average Bonchev–Trinajstić information content (AvgIpc) is 3.37. The van der Waals surface area contributed by atoms with Crippen LogP contribution in [0.4, 0.5) is 21.7 Å². The van der Waals surface area contributed by atoms with Gasteiger partial charge in [0.2, 0.25) is 16.0 Å². The zero-order valence-electron chi connectivity index (χ0n) is 23.0. The highest BCUT2D eigenvalue weighted by atomic mass is 32.2. The summed E-state index contributed by atoms with van der Waals surface area (Å²) >= 11 is 0. The number of benzene rings is 2. The second-order valence-electron chi connectivity index (χ2n) is 10.1. The molecule has 0 bridgehead atoms. The monoisotopic (exact) mass is 584 g/mol. The maximum Gasteiger partial charge on any atom is 0.245 e. The first kappa shape index (κ1) is 28.7. The number of ether oxygens (including phenoxy) is 1. The molecule has 218 valence electrons. The standard InChI is InChI=1S/C28H33FN6O5S/c1-33(41(3,38)39)23-7-5-4-6-21(23)24-11-9-20-17-30-27(32-35(20)24)31-22-10-8-19(16-25(22)40-2)28(37)12-14-34(15-13-29)18-26(28)36/h4-11,16-17,26,36-37H,12-15,18H2,1-3H3,(H,31,32)/t26-,28-/m0/s1. The van der Waals surface area contributed by atoms with Gasteiger partial charge in [0.1, 0.15) is 18.0 Å². The summed E-state index contributed by atoms with van der Waals surface area (Å²) in [5.74, 6) is 0.666. The molecule has 4 aromatic rings. The summed E-state index contributed by atoms with van der Waals surface area (Å²) in [5.41, 5.74) is 2.10. The van der Waals surface area contributed by atoms with Crippen molar-refractivity contribution in [1.82, 2.24) is 19.5 Å². The minimum atomic E-state index is -3.49. The molecule has 0 saturated carbocycles. The molecular weight excluding hydrogens is 551 g/mol. The van der Waals surface area contributed by atoms with E-state index in [4.69, 9.17) is 4.74 Å². The van der Waals surface area contributed by atoms with Gasteiger partial charge in [-0.1, -0.05) is 24.3 Å². The van der Waals surface area contributed by atoms with Gasteiger partial charge in [-0.3, -0.25) is 9.21 Å². The van der Waals surface area contributed by atoms with Crippen LogP contribution in [0, 0.1) is 0 Å². The van der Waals surface area contributed by atoms with E-state index in [1.54, 1.807) is 45.9 Å². The zero-order chi connectivity index (χ0) is 29.4. The molecule has 41 heavy (non-hydrogen) atoms. The molecule has 2 atom stereocenters. The van der Waals surface area contributed by atoms with Crippen LogP contribution in [-0.2, 0) is 15.6 Å². The Morgan fingerprint density at radius 2 is 2.00 bits per heavy atom. The fourth-order valence-electron chi connectivity index (χ4n) is 5.13. The minimum Gasteiger partial charge on any atom is -0.495 e. The van der Waals surface area contributed by atoms with Crippen molar-refractivity contribution >= 4 is 32.9 Å². The SMILES string of the molecule is COc1cc([C@@]2(O)CCN(CCF)C[C@@H]2O)ccc1Nc1ncc2ccc(-c3ccccc3N(C)S(C)(=O)=O)n2n1. The quantitative estimate of drug-likeness (QED) is 0.272. The van der Waals surface area contributed by atoms with Gasteiger partial charge in [0.05, 0.1) is 48.3 Å². The second kappa shape index (κ2) is 11.2. The van der Waals surface area contributed by atoms with E-state index in [-0.39, 0.29) is 25.5 Å². The van der Waals surface area contributed by atoms with Crippen LogP contribution in [-0.4, -0.2) is 91.0 Å². The molecule has 1 fully saturated rings. The van der Waals surface area contributed by atoms with Crippen LogP contribution in [0.15, 0.2) is 60.8 Å². The van der Waals surface area contributed by atoms with E-state index in [0.717, 1.165) is 6.26 Å². The van der Waals surface area contributed by atoms with E-state index in [2.05, 4.69) is 15.4 Å². The van der Waals surface area contributed by atoms with Crippen molar-refractivity contribution in [3.8, 4) is 17.0 Å². The van der Waals surface area contributed by atoms with E-state index in [9.17, 15) is 23.0 Å². The number of aliphatic hydroxyl groups is 2. The Labute approximate surface area is 237 Å². The Hall–Kier alpha value is -3.78. The number of β-amino-alcohol motifs (C(OH)–C–C–N with tert-alkyl or cyclic N) is 1. The molecule has 1 saturated heterocycles. The number of hydrogen-bond donors (Lipinski definition) is 3. The number of nitrogens with zero attached hydrogens (tertiary/aromatic N) is 5. The molecule has 0 radical (unpaired) electrons. The van der Waals surface area contributed by atoms with Crippen molar-refractivity contribution in [3.63, 3.8) is 0 Å². The van der Waals surface area contributed by atoms with E-state index in [0.29, 0.717) is 46.0 Å². The van der Waals surface area contributed by atoms with Gasteiger partial charge in [-0.05, 0) is 42.3 Å². The normalized spacial score (nSPS) is 19.8. The number of aromatic nitrogens is 3. The molecule has 3 N–H and O–H groups in total. The second-order valence-corrected chi connectivity index (χ2v) is 12.1. The van der Waals surface area contributed by atoms with Gasteiger partial charge in [0, 0.05) is 32.2 Å². The van der Waals surface area contributed by atoms with Crippen LogP contribution >= 0.6 is 0 Å². The van der Waals surface area contributed by atoms with Gasteiger partial charge in [0.25, 0.3) is 0 Å². The molecule has 13 heteroatoms. The molecule has 1 aliphatic rings. The van der Waals surface area contributed by atoms with Gasteiger partial charge < -0.3 is 20.3 Å². The lowest BCUT2D eigenvalue weighted by molar-refractivity contribution is -0.125. The Balaban J connectivity index is 1.45. The minimum absolute atomic E-state index is 0.166. The topological polar surface area (TPSA) is 133 Å². The Bertz CT molecular complexity index is 1660. The largest absolute Gasteiger partial charge is 0.495 e. The highest BCUT2D eigenvalue weighted by Gasteiger charge is 2.42. The third-order valence-corrected chi connectivity index (χ3v) is 8.75. The van der Waals surface area contributed by atoms with Gasteiger partial charge in [-0.2, -0.15) is 0 Å². The van der Waals surface area contributed by atoms with Gasteiger partial charge >= 0.3 is 0 Å². The van der Waals surface area contributed by atoms with Crippen LogP contribution in [0.25, 0.3) is 16.8 Å². The Morgan fingerprint density at radius 3 is 2.71 bits per heavy atom. The third kappa shape index (κ3) is 5.58. The average molecular weight is 585 g/mol. The molecule has 0 unspecified atom stereocenters. The number of methoxy groups -OCH3 is 1. The van der Waals surface area contributed by atoms with E-state index >= 15 is 0 Å². The first-order valence-corrected chi connectivity index (χ1v) is 14.9. The summed E-state index contributed by atoms with van der Waals surface area (Å²) in [7, 11) is -0.488. The molecule has 11 nitrogen and oxygen atoms in total. The lowest BCUT2D eigenvalue weighted by atomic mass is 9.82. The molecule has 3 heterocycles. The highest BCUT2D eigenvalue weighted by molar-refractivity contribution is 7.92. The molecule has 2 aromatic carbocycles. The number of sulfonamides is 1. The van der Waals surface area contributed by atoms with E-state index in [1.165, 1.54) is 18.5 Å².